The van der Waals surface area contributed by atoms with Crippen molar-refractivity contribution in [3.63, 3.8) is 0 Å². The number of aliphatic hydroxyl groups excluding tert-OH is 3. The third-order valence-corrected chi connectivity index (χ3v) is 13.9. The average molecular weight is 988 g/mol. The zero-order valence-electron chi connectivity index (χ0n) is 33.0. The van der Waals surface area contributed by atoms with Crippen LogP contribution in [0.3, 0.4) is 0 Å². The SMILES string of the molecule is Nc1ncnc2c1ncn2[C@@H]1O[C@H](CO)[C@@H](O)[C@H]1OP(=O)(O)OC[C@H]1O[C@@H](n2cnc3c(N)ncnc32)[C@H](OP(=O)(O)OC[C@H]2O[C@@H](n3cnc4c(N)ncnc43)[C@@H]3OP(=O)(O)O[C@@H]32)[C@@H]1O. The molecule has 6 aromatic rings. The van der Waals surface area contributed by atoms with Gasteiger partial charge in [0, 0.05) is 0 Å². The topological polar surface area (TPSA) is 465 Å². The summed E-state index contributed by atoms with van der Waals surface area (Å²) >= 11 is 0. The minimum absolute atomic E-state index is 0.000725. The monoisotopic (exact) mass is 987 g/mol. The highest BCUT2D eigenvalue weighted by Gasteiger charge is 2.59. The summed E-state index contributed by atoms with van der Waals surface area (Å²) in [6, 6.07) is 0. The quantitative estimate of drug-likeness (QED) is 0.0511. The Balaban J connectivity index is 0.867. The molecule has 0 saturated carbocycles. The molecule has 354 valence electrons. The molecule has 66 heavy (non-hydrogen) atoms. The maximum absolute atomic E-state index is 13.8. The summed E-state index contributed by atoms with van der Waals surface area (Å²) in [5.41, 5.74) is 18.4. The van der Waals surface area contributed by atoms with Gasteiger partial charge in [0.1, 0.15) is 90.5 Å². The summed E-state index contributed by atoms with van der Waals surface area (Å²) in [5.74, 6) is -0.0451. The van der Waals surface area contributed by atoms with Crippen LogP contribution in [0.5, 0.6) is 0 Å². The molecule has 0 spiro atoms. The molecule has 4 saturated heterocycles. The van der Waals surface area contributed by atoms with Gasteiger partial charge in [-0.05, 0) is 0 Å². The van der Waals surface area contributed by atoms with E-state index >= 15 is 0 Å². The molecule has 0 bridgehead atoms. The lowest BCUT2D eigenvalue weighted by molar-refractivity contribution is -0.0674. The van der Waals surface area contributed by atoms with E-state index in [2.05, 4.69) is 44.9 Å². The fraction of sp³-hybridized carbons (Fsp3) is 0.500. The minimum atomic E-state index is -5.35. The Kier molecular flexibility index (Phi) is 11.4. The first-order chi connectivity index (χ1) is 31.4. The number of nitrogens with two attached hydrogens (primary N) is 3. The Morgan fingerprint density at radius 1 is 0.606 bits per heavy atom. The van der Waals surface area contributed by atoms with Crippen LogP contribution in [0.25, 0.3) is 33.5 Å². The van der Waals surface area contributed by atoms with Crippen molar-refractivity contribution in [2.45, 2.75) is 73.6 Å². The van der Waals surface area contributed by atoms with Crippen LogP contribution >= 0.6 is 23.5 Å². The number of fused-ring (bicyclic) bond motifs is 4. The number of phosphoric ester groups is 3. The van der Waals surface area contributed by atoms with Gasteiger partial charge in [0.15, 0.2) is 53.1 Å². The molecule has 33 nitrogen and oxygen atoms in total. The second-order valence-electron chi connectivity index (χ2n) is 14.9. The summed E-state index contributed by atoms with van der Waals surface area (Å²) in [4.78, 5) is 68.8. The van der Waals surface area contributed by atoms with Gasteiger partial charge in [-0.2, -0.15) is 0 Å². The van der Waals surface area contributed by atoms with Crippen LogP contribution in [-0.4, -0.2) is 163 Å². The van der Waals surface area contributed by atoms with Crippen molar-refractivity contribution in [3.8, 4) is 0 Å². The summed E-state index contributed by atoms with van der Waals surface area (Å²) in [5, 5.41) is 32.5. The normalized spacial score (nSPS) is 34.1. The van der Waals surface area contributed by atoms with Gasteiger partial charge in [-0.15, -0.1) is 0 Å². The van der Waals surface area contributed by atoms with Crippen molar-refractivity contribution in [2.24, 2.45) is 0 Å². The third kappa shape index (κ3) is 7.99. The van der Waals surface area contributed by atoms with E-state index in [1.165, 1.54) is 21.8 Å². The smallest absolute Gasteiger partial charge is 0.394 e. The predicted octanol–water partition coefficient (Wildman–Crippen LogP) is -2.45. The lowest BCUT2D eigenvalue weighted by Gasteiger charge is -2.25. The van der Waals surface area contributed by atoms with Gasteiger partial charge in [-0.25, -0.2) is 58.6 Å². The number of nitrogen functional groups attached to an aromatic ring is 3. The molecule has 4 fully saturated rings. The molecule has 3 unspecified atom stereocenters. The maximum atomic E-state index is 13.8. The van der Waals surface area contributed by atoms with Crippen molar-refractivity contribution < 1.29 is 85.0 Å². The number of hydrogen-bond acceptors (Lipinski definition) is 27. The predicted molar refractivity (Wildman–Crippen MR) is 211 cm³/mol. The van der Waals surface area contributed by atoms with Crippen LogP contribution in [0, 0.1) is 0 Å². The van der Waals surface area contributed by atoms with E-state index in [1.807, 2.05) is 0 Å². The first-order valence-corrected chi connectivity index (χ1v) is 23.6. The Morgan fingerprint density at radius 2 is 1.00 bits per heavy atom. The molecule has 0 amide bonds. The minimum Gasteiger partial charge on any atom is -0.394 e. The lowest BCUT2D eigenvalue weighted by Crippen LogP contribution is -2.37. The number of aromatic nitrogens is 12. The number of nitrogens with zero attached hydrogens (tertiary/aromatic N) is 12. The van der Waals surface area contributed by atoms with E-state index in [-0.39, 0.29) is 50.9 Å². The van der Waals surface area contributed by atoms with Gasteiger partial charge in [0.05, 0.1) is 38.8 Å². The summed E-state index contributed by atoms with van der Waals surface area (Å²) < 4.78 is 93.3. The number of aliphatic hydroxyl groups is 3. The zero-order valence-corrected chi connectivity index (χ0v) is 35.7. The lowest BCUT2D eigenvalue weighted by atomic mass is 10.1. The molecule has 0 aromatic carbocycles. The Labute approximate surface area is 366 Å². The second-order valence-corrected chi connectivity index (χ2v) is 19.1. The molecule has 4 aliphatic rings. The summed E-state index contributed by atoms with van der Waals surface area (Å²) in [7, 11) is -15.3. The largest absolute Gasteiger partial charge is 0.473 e. The van der Waals surface area contributed by atoms with Crippen molar-refractivity contribution in [3.05, 3.63) is 38.0 Å². The molecule has 4 aliphatic heterocycles. The fourth-order valence-corrected chi connectivity index (χ4v) is 10.9. The number of imidazole rings is 3. The molecular formula is C30H36N15O18P3. The molecule has 10 heterocycles. The van der Waals surface area contributed by atoms with Crippen LogP contribution < -0.4 is 17.2 Å². The highest BCUT2D eigenvalue weighted by Crippen LogP contribution is 2.60. The van der Waals surface area contributed by atoms with E-state index in [9.17, 15) is 43.7 Å². The summed E-state index contributed by atoms with van der Waals surface area (Å²) in [6.07, 6.45) is -11.6. The molecule has 15 atom stereocenters. The molecule has 36 heteroatoms. The summed E-state index contributed by atoms with van der Waals surface area (Å²) in [6.45, 7) is -2.55. The molecule has 0 radical (unpaired) electrons. The van der Waals surface area contributed by atoms with Crippen molar-refractivity contribution in [1.82, 2.24) is 58.6 Å². The van der Waals surface area contributed by atoms with E-state index < -0.39 is 117 Å². The Hall–Kier alpha value is -4.86. The van der Waals surface area contributed by atoms with Crippen LogP contribution in [0.1, 0.15) is 18.7 Å². The van der Waals surface area contributed by atoms with Gasteiger partial charge >= 0.3 is 23.5 Å². The molecule has 0 aliphatic carbocycles. The highest BCUT2D eigenvalue weighted by atomic mass is 31.2. The van der Waals surface area contributed by atoms with Crippen LogP contribution in [-0.2, 0) is 55.0 Å². The highest BCUT2D eigenvalue weighted by molar-refractivity contribution is 7.48. The fourth-order valence-electron chi connectivity index (χ4n) is 7.91. The van der Waals surface area contributed by atoms with Crippen LogP contribution in [0.15, 0.2) is 38.0 Å². The first kappa shape index (κ1) is 44.9. The number of hydrogen-bond donors (Lipinski definition) is 9. The van der Waals surface area contributed by atoms with E-state index in [0.717, 1.165) is 29.9 Å². The Morgan fingerprint density at radius 3 is 1.47 bits per heavy atom. The van der Waals surface area contributed by atoms with Crippen molar-refractivity contribution >= 4 is 74.4 Å². The third-order valence-electron chi connectivity index (χ3n) is 10.9. The Bertz CT molecular complexity index is 2960. The number of ether oxygens (including phenoxy) is 3. The van der Waals surface area contributed by atoms with E-state index in [0.29, 0.717) is 0 Å². The van der Waals surface area contributed by atoms with Gasteiger partial charge in [-0.1, -0.05) is 0 Å². The van der Waals surface area contributed by atoms with Crippen LogP contribution in [0.4, 0.5) is 17.5 Å². The molecule has 6 aromatic heterocycles. The second kappa shape index (κ2) is 16.7. The van der Waals surface area contributed by atoms with Crippen molar-refractivity contribution in [2.75, 3.05) is 37.0 Å². The molecular weight excluding hydrogens is 951 g/mol. The molecule has 12 N–H and O–H groups in total. The van der Waals surface area contributed by atoms with Gasteiger partial charge in [-0.3, -0.25) is 40.8 Å². The maximum Gasteiger partial charge on any atom is 0.473 e. The van der Waals surface area contributed by atoms with E-state index in [1.54, 1.807) is 0 Å². The standard InChI is InChI=1S/C30H36N15O18P3/c31-22-13-25(37-4-34-22)43(7-40-13)28-19(16(47)10(1-46)57-28)61-64(49,50)55-2-11-17(48)20(29(58-11)44-8-41-14-23(32)35-5-38-26(14)44)62-65(51,52)56-3-12-18-21(63-66(53,54)60-18)30(59-12)45-9-42-15-24(33)36-6-39-27(15)45/h4-12,16-21,28-30,46-48H,1-3H2,(H,49,50)(H,51,52)(H,53,54)(H2,31,34,37)(H2,32,35,38)(H2,33,36,39)/t10-,11-,12-,16-,17-,18-,19-,20-,21-,28-,29-,30-/m1/s1. The van der Waals surface area contributed by atoms with Crippen molar-refractivity contribution in [1.29, 1.82) is 0 Å². The average Bonchev–Trinajstić information content (AvgIpc) is 4.14. The number of rotatable bonds is 14. The van der Waals surface area contributed by atoms with Gasteiger partial charge < -0.3 is 61.4 Å². The molecule has 10 rings (SSSR count). The first-order valence-electron chi connectivity index (χ1n) is 19.2. The number of phosphoric acid groups is 3. The number of anilines is 3. The van der Waals surface area contributed by atoms with Gasteiger partial charge in [0.2, 0.25) is 0 Å². The van der Waals surface area contributed by atoms with E-state index in [4.69, 9.17) is 58.6 Å². The van der Waals surface area contributed by atoms with Gasteiger partial charge in [0.25, 0.3) is 0 Å². The zero-order chi connectivity index (χ0) is 46.4. The van der Waals surface area contributed by atoms with Crippen LogP contribution in [0.2, 0.25) is 0 Å².